The van der Waals surface area contributed by atoms with Gasteiger partial charge >= 0.3 is 12.1 Å². The SMILES string of the molecule is CCOC(=O)/C(=C/c1ccccc1)NC(=O)OC/C=C/c1ccccc1. The molecule has 134 valence electrons. The summed E-state index contributed by atoms with van der Waals surface area (Å²) in [6, 6.07) is 18.8. The quantitative estimate of drug-likeness (QED) is 0.604. The van der Waals surface area contributed by atoms with E-state index in [1.54, 1.807) is 19.1 Å². The lowest BCUT2D eigenvalue weighted by molar-refractivity contribution is -0.138. The maximum Gasteiger partial charge on any atom is 0.412 e. The van der Waals surface area contributed by atoms with Gasteiger partial charge in [-0.2, -0.15) is 0 Å². The third kappa shape index (κ3) is 6.65. The van der Waals surface area contributed by atoms with Crippen LogP contribution in [-0.2, 0) is 14.3 Å². The third-order valence-electron chi connectivity index (χ3n) is 3.26. The van der Waals surface area contributed by atoms with Crippen molar-refractivity contribution in [1.82, 2.24) is 5.32 Å². The van der Waals surface area contributed by atoms with Crippen molar-refractivity contribution < 1.29 is 19.1 Å². The molecular formula is C21H21NO4. The van der Waals surface area contributed by atoms with Crippen molar-refractivity contribution in [3.63, 3.8) is 0 Å². The van der Waals surface area contributed by atoms with Gasteiger partial charge in [-0.3, -0.25) is 5.32 Å². The van der Waals surface area contributed by atoms with E-state index in [4.69, 9.17) is 9.47 Å². The van der Waals surface area contributed by atoms with E-state index >= 15 is 0 Å². The molecule has 0 aromatic heterocycles. The molecule has 2 rings (SSSR count). The molecule has 26 heavy (non-hydrogen) atoms. The summed E-state index contributed by atoms with van der Waals surface area (Å²) in [5, 5.41) is 2.44. The summed E-state index contributed by atoms with van der Waals surface area (Å²) in [4.78, 5) is 24.0. The molecule has 0 unspecified atom stereocenters. The Morgan fingerprint density at radius 3 is 2.15 bits per heavy atom. The summed E-state index contributed by atoms with van der Waals surface area (Å²) in [6.45, 7) is 1.99. The number of esters is 1. The first-order valence-corrected chi connectivity index (χ1v) is 8.28. The van der Waals surface area contributed by atoms with Crippen LogP contribution >= 0.6 is 0 Å². The molecule has 0 saturated heterocycles. The van der Waals surface area contributed by atoms with Crippen molar-refractivity contribution in [2.75, 3.05) is 13.2 Å². The minimum Gasteiger partial charge on any atom is -0.461 e. The molecular weight excluding hydrogens is 330 g/mol. The van der Waals surface area contributed by atoms with Crippen molar-refractivity contribution in [3.8, 4) is 0 Å². The number of amides is 1. The molecule has 2 aromatic rings. The highest BCUT2D eigenvalue weighted by molar-refractivity contribution is 5.96. The number of benzene rings is 2. The van der Waals surface area contributed by atoms with Crippen LogP contribution in [-0.4, -0.2) is 25.3 Å². The Bertz CT molecular complexity index is 767. The fourth-order valence-electron chi connectivity index (χ4n) is 2.09. The van der Waals surface area contributed by atoms with E-state index < -0.39 is 12.1 Å². The van der Waals surface area contributed by atoms with Gasteiger partial charge in [0.1, 0.15) is 12.3 Å². The van der Waals surface area contributed by atoms with Crippen LogP contribution < -0.4 is 5.32 Å². The summed E-state index contributed by atoms with van der Waals surface area (Å²) < 4.78 is 10.0. The zero-order chi connectivity index (χ0) is 18.6. The summed E-state index contributed by atoms with van der Waals surface area (Å²) in [6.07, 6.45) is 4.39. The van der Waals surface area contributed by atoms with Crippen molar-refractivity contribution in [1.29, 1.82) is 0 Å². The number of nitrogens with one attached hydrogen (secondary N) is 1. The largest absolute Gasteiger partial charge is 0.461 e. The molecule has 0 aliphatic carbocycles. The molecule has 0 atom stereocenters. The number of ether oxygens (including phenoxy) is 2. The zero-order valence-corrected chi connectivity index (χ0v) is 14.6. The topological polar surface area (TPSA) is 64.6 Å². The van der Waals surface area contributed by atoms with Crippen molar-refractivity contribution in [3.05, 3.63) is 83.6 Å². The third-order valence-corrected chi connectivity index (χ3v) is 3.26. The molecule has 0 aliphatic rings. The number of carbonyl (C=O) groups excluding carboxylic acids is 2. The maximum atomic E-state index is 12.0. The first-order valence-electron chi connectivity index (χ1n) is 8.28. The van der Waals surface area contributed by atoms with Gasteiger partial charge < -0.3 is 9.47 Å². The molecule has 5 heteroatoms. The van der Waals surface area contributed by atoms with E-state index in [1.165, 1.54) is 0 Å². The van der Waals surface area contributed by atoms with Gasteiger partial charge in [0.2, 0.25) is 0 Å². The average Bonchev–Trinajstić information content (AvgIpc) is 2.66. The highest BCUT2D eigenvalue weighted by Crippen LogP contribution is 2.07. The Kier molecular flexibility index (Phi) is 7.68. The number of hydrogen-bond acceptors (Lipinski definition) is 4. The summed E-state index contributed by atoms with van der Waals surface area (Å²) >= 11 is 0. The molecule has 1 amide bonds. The van der Waals surface area contributed by atoms with Crippen molar-refractivity contribution in [2.45, 2.75) is 6.92 Å². The molecule has 0 radical (unpaired) electrons. The fraction of sp³-hybridized carbons (Fsp3) is 0.143. The summed E-state index contributed by atoms with van der Waals surface area (Å²) in [5.41, 5.74) is 1.79. The Labute approximate surface area is 152 Å². The number of hydrogen-bond donors (Lipinski definition) is 1. The predicted octanol–water partition coefficient (Wildman–Crippen LogP) is 4.03. The van der Waals surface area contributed by atoms with E-state index in [9.17, 15) is 9.59 Å². The lowest BCUT2D eigenvalue weighted by Crippen LogP contribution is -2.29. The minimum atomic E-state index is -0.724. The van der Waals surface area contributed by atoms with E-state index in [-0.39, 0.29) is 18.9 Å². The van der Waals surface area contributed by atoms with Gasteiger partial charge in [0.15, 0.2) is 0 Å². The van der Waals surface area contributed by atoms with E-state index in [0.29, 0.717) is 0 Å². The second-order valence-corrected chi connectivity index (χ2v) is 5.23. The first-order chi connectivity index (χ1) is 12.7. The van der Waals surface area contributed by atoms with Crippen LogP contribution in [0.1, 0.15) is 18.1 Å². The highest BCUT2D eigenvalue weighted by Gasteiger charge is 2.14. The highest BCUT2D eigenvalue weighted by atomic mass is 16.6. The molecule has 0 fully saturated rings. The Morgan fingerprint density at radius 2 is 1.54 bits per heavy atom. The molecule has 2 aromatic carbocycles. The lowest BCUT2D eigenvalue weighted by Gasteiger charge is -2.09. The van der Waals surface area contributed by atoms with E-state index in [1.807, 2.05) is 66.7 Å². The minimum absolute atomic E-state index is 0.0232. The Morgan fingerprint density at radius 1 is 0.923 bits per heavy atom. The molecule has 0 spiro atoms. The second kappa shape index (κ2) is 10.5. The number of alkyl carbamates (subject to hydrolysis) is 1. The zero-order valence-electron chi connectivity index (χ0n) is 14.6. The van der Waals surface area contributed by atoms with Crippen LogP contribution in [0.5, 0.6) is 0 Å². The molecule has 5 nitrogen and oxygen atoms in total. The Balaban J connectivity index is 1.94. The average molecular weight is 351 g/mol. The first kappa shape index (κ1) is 19.0. The van der Waals surface area contributed by atoms with Crippen molar-refractivity contribution in [2.24, 2.45) is 0 Å². The number of rotatable bonds is 7. The van der Waals surface area contributed by atoms with Crippen LogP contribution in [0.25, 0.3) is 12.2 Å². The maximum absolute atomic E-state index is 12.0. The van der Waals surface area contributed by atoms with Gasteiger partial charge in [-0.25, -0.2) is 9.59 Å². The van der Waals surface area contributed by atoms with Crippen molar-refractivity contribution >= 4 is 24.2 Å². The van der Waals surface area contributed by atoms with Crippen LogP contribution in [0, 0.1) is 0 Å². The standard InChI is InChI=1S/C21H21NO4/c1-2-25-20(23)19(16-18-12-7-4-8-13-18)22-21(24)26-15-9-14-17-10-5-3-6-11-17/h3-14,16H,2,15H2,1H3,(H,22,24)/b14-9+,19-16-. The van der Waals surface area contributed by atoms with Crippen LogP contribution in [0.2, 0.25) is 0 Å². The molecule has 0 heterocycles. The summed E-state index contributed by atoms with van der Waals surface area (Å²) in [5.74, 6) is -0.617. The van der Waals surface area contributed by atoms with Crippen LogP contribution in [0.15, 0.2) is 72.4 Å². The molecule has 1 N–H and O–H groups in total. The van der Waals surface area contributed by atoms with E-state index in [2.05, 4.69) is 5.32 Å². The normalized spacial score (nSPS) is 11.2. The molecule has 0 saturated carbocycles. The van der Waals surface area contributed by atoms with Crippen LogP contribution in [0.4, 0.5) is 4.79 Å². The summed E-state index contributed by atoms with van der Waals surface area (Å²) in [7, 11) is 0. The monoisotopic (exact) mass is 351 g/mol. The predicted molar refractivity (Wildman–Crippen MR) is 101 cm³/mol. The van der Waals surface area contributed by atoms with Gasteiger partial charge in [-0.05, 0) is 30.2 Å². The van der Waals surface area contributed by atoms with Gasteiger partial charge in [0.05, 0.1) is 6.61 Å². The van der Waals surface area contributed by atoms with Gasteiger partial charge in [0.25, 0.3) is 0 Å². The fourth-order valence-corrected chi connectivity index (χ4v) is 2.09. The lowest BCUT2D eigenvalue weighted by atomic mass is 10.2. The second-order valence-electron chi connectivity index (χ2n) is 5.23. The van der Waals surface area contributed by atoms with Gasteiger partial charge in [-0.15, -0.1) is 0 Å². The number of carbonyl (C=O) groups is 2. The molecule has 0 bridgehead atoms. The van der Waals surface area contributed by atoms with E-state index in [0.717, 1.165) is 11.1 Å². The smallest absolute Gasteiger partial charge is 0.412 e. The molecule has 0 aliphatic heterocycles. The van der Waals surface area contributed by atoms with Gasteiger partial charge in [-0.1, -0.05) is 66.7 Å². The van der Waals surface area contributed by atoms with Crippen LogP contribution in [0.3, 0.4) is 0 Å². The van der Waals surface area contributed by atoms with Gasteiger partial charge in [0, 0.05) is 0 Å². The Hall–Kier alpha value is -3.34.